The maximum atomic E-state index is 15.0. The molecule has 4 heterocycles. The molecule has 7 rings (SSSR count). The van der Waals surface area contributed by atoms with Crippen molar-refractivity contribution in [2.45, 2.75) is 77.7 Å². The molecule has 5 aromatic rings. The molecular formula is C42H46N6O5. The van der Waals surface area contributed by atoms with Crippen molar-refractivity contribution in [1.82, 2.24) is 14.5 Å². The second kappa shape index (κ2) is 13.9. The highest BCUT2D eigenvalue weighted by Gasteiger charge is 2.46. The Morgan fingerprint density at radius 2 is 1.38 bits per heavy atom. The first kappa shape index (κ1) is 35.6. The van der Waals surface area contributed by atoms with Crippen molar-refractivity contribution < 1.29 is 23.9 Å². The molecule has 2 atom stereocenters. The summed E-state index contributed by atoms with van der Waals surface area (Å²) in [5.74, 6) is -0.386. The van der Waals surface area contributed by atoms with E-state index in [4.69, 9.17) is 9.47 Å². The quantitative estimate of drug-likeness (QED) is 0.180. The van der Waals surface area contributed by atoms with Gasteiger partial charge >= 0.3 is 12.2 Å². The average Bonchev–Trinajstić information content (AvgIpc) is 3.59. The number of para-hydroxylation sites is 1. The van der Waals surface area contributed by atoms with Gasteiger partial charge in [0, 0.05) is 30.4 Å². The third kappa shape index (κ3) is 7.55. The van der Waals surface area contributed by atoms with Crippen LogP contribution >= 0.6 is 0 Å². The van der Waals surface area contributed by atoms with Gasteiger partial charge in [0.15, 0.2) is 0 Å². The molecule has 3 aromatic carbocycles. The molecule has 0 unspecified atom stereocenters. The van der Waals surface area contributed by atoms with Crippen LogP contribution in [0.5, 0.6) is 0 Å². The Bertz CT molecular complexity index is 2140. The molecular weight excluding hydrogens is 668 g/mol. The lowest BCUT2D eigenvalue weighted by molar-refractivity contribution is 0.0123. The summed E-state index contributed by atoms with van der Waals surface area (Å²) < 4.78 is 13.3. The standard InChI is InChI=1S/C42H46N6O5/c1-41(2,3)52-39(50)45-33-21-22-43-24-34(33)44-38(49)37-36(46-25-30-18-19-31(26-46)47(30)40(51)53-42(4,5)6)32-20-17-28(27-13-9-7-10-14-27)23-35(32)48(37)29-15-11-8-12-16-29/h7-17,20-24,30-31H,18-19,25-26H2,1-6H3,(H,44,49)(H,43,45,50)/t30-,31+. The summed E-state index contributed by atoms with van der Waals surface area (Å²) in [6.07, 6.45) is 3.78. The Hall–Kier alpha value is -5.84. The molecule has 2 N–H and O–H groups in total. The van der Waals surface area contributed by atoms with Gasteiger partial charge in [-0.3, -0.25) is 20.0 Å². The number of rotatable bonds is 6. The normalized spacial score (nSPS) is 17.1. The van der Waals surface area contributed by atoms with Gasteiger partial charge in [-0.2, -0.15) is 0 Å². The highest BCUT2D eigenvalue weighted by molar-refractivity contribution is 6.16. The number of hydrogen-bond donors (Lipinski definition) is 2. The first-order valence-electron chi connectivity index (χ1n) is 18.1. The molecule has 274 valence electrons. The van der Waals surface area contributed by atoms with E-state index >= 15 is 0 Å². The summed E-state index contributed by atoms with van der Waals surface area (Å²) in [4.78, 5) is 49.6. The van der Waals surface area contributed by atoms with E-state index in [1.54, 1.807) is 33.0 Å². The molecule has 2 saturated heterocycles. The van der Waals surface area contributed by atoms with Gasteiger partial charge in [-0.25, -0.2) is 9.59 Å². The summed E-state index contributed by atoms with van der Waals surface area (Å²) in [5, 5.41) is 6.75. The lowest BCUT2D eigenvalue weighted by atomic mass is 10.0. The summed E-state index contributed by atoms with van der Waals surface area (Å²) in [6.45, 7) is 12.1. The number of piperazine rings is 1. The van der Waals surface area contributed by atoms with Crippen molar-refractivity contribution in [3.05, 3.63) is 103 Å². The zero-order valence-electron chi connectivity index (χ0n) is 31.1. The number of amides is 3. The highest BCUT2D eigenvalue weighted by atomic mass is 16.6. The zero-order chi connectivity index (χ0) is 37.5. The number of benzene rings is 3. The predicted molar refractivity (Wildman–Crippen MR) is 208 cm³/mol. The lowest BCUT2D eigenvalue weighted by Crippen LogP contribution is -2.57. The molecule has 2 aliphatic heterocycles. The van der Waals surface area contributed by atoms with Crippen LogP contribution in [0.15, 0.2) is 97.3 Å². The van der Waals surface area contributed by atoms with Crippen molar-refractivity contribution in [2.75, 3.05) is 28.6 Å². The van der Waals surface area contributed by atoms with Crippen molar-refractivity contribution in [3.63, 3.8) is 0 Å². The number of nitrogens with zero attached hydrogens (tertiary/aromatic N) is 4. The molecule has 2 fully saturated rings. The molecule has 0 aliphatic carbocycles. The van der Waals surface area contributed by atoms with Gasteiger partial charge in [-0.05, 0) is 89.8 Å². The third-order valence-electron chi connectivity index (χ3n) is 9.39. The van der Waals surface area contributed by atoms with Crippen LogP contribution in [0.1, 0.15) is 64.9 Å². The van der Waals surface area contributed by atoms with Crippen molar-refractivity contribution >= 4 is 46.1 Å². The van der Waals surface area contributed by atoms with Gasteiger partial charge in [0.25, 0.3) is 5.91 Å². The van der Waals surface area contributed by atoms with Crippen LogP contribution in [0.3, 0.4) is 0 Å². The number of aromatic nitrogens is 2. The minimum atomic E-state index is -0.711. The van der Waals surface area contributed by atoms with Gasteiger partial charge in [0.2, 0.25) is 0 Å². The predicted octanol–water partition coefficient (Wildman–Crippen LogP) is 8.88. The highest BCUT2D eigenvalue weighted by Crippen LogP contribution is 2.43. The van der Waals surface area contributed by atoms with E-state index in [0.29, 0.717) is 30.2 Å². The Balaban J connectivity index is 1.36. The Labute approximate surface area is 309 Å². The van der Waals surface area contributed by atoms with E-state index in [-0.39, 0.29) is 24.1 Å². The topological polar surface area (TPSA) is 118 Å². The molecule has 11 nitrogen and oxygen atoms in total. The fourth-order valence-corrected chi connectivity index (χ4v) is 7.35. The van der Waals surface area contributed by atoms with Crippen LogP contribution < -0.4 is 15.5 Å². The minimum Gasteiger partial charge on any atom is -0.444 e. The zero-order valence-corrected chi connectivity index (χ0v) is 31.1. The van der Waals surface area contributed by atoms with E-state index in [0.717, 1.165) is 46.2 Å². The van der Waals surface area contributed by atoms with Crippen LogP contribution in [0.4, 0.5) is 26.7 Å². The number of hydrogen-bond acceptors (Lipinski definition) is 7. The monoisotopic (exact) mass is 714 g/mol. The molecule has 0 saturated carbocycles. The Morgan fingerprint density at radius 3 is 2.02 bits per heavy atom. The lowest BCUT2D eigenvalue weighted by Gasteiger charge is -2.42. The molecule has 53 heavy (non-hydrogen) atoms. The molecule has 0 radical (unpaired) electrons. The maximum Gasteiger partial charge on any atom is 0.412 e. The third-order valence-corrected chi connectivity index (χ3v) is 9.39. The minimum absolute atomic E-state index is 0.0822. The number of carbonyl (C=O) groups excluding carboxylic acids is 3. The first-order chi connectivity index (χ1) is 25.3. The molecule has 0 spiro atoms. The average molecular weight is 715 g/mol. The summed E-state index contributed by atoms with van der Waals surface area (Å²) in [5.41, 5.74) is 4.28. The summed E-state index contributed by atoms with van der Waals surface area (Å²) in [7, 11) is 0. The Kier molecular flexibility index (Phi) is 9.36. The largest absolute Gasteiger partial charge is 0.444 e. The second-order valence-corrected chi connectivity index (χ2v) is 15.6. The SMILES string of the molecule is CC(C)(C)OC(=O)Nc1ccncc1NC(=O)c1c(N2C[C@H]3CC[C@@H](C2)N3C(=O)OC(C)(C)C)c2ccc(-c3ccccc3)cc2n1-c1ccccc1. The number of pyridine rings is 1. The van der Waals surface area contributed by atoms with Crippen LogP contribution in [-0.2, 0) is 9.47 Å². The van der Waals surface area contributed by atoms with Crippen molar-refractivity contribution in [2.24, 2.45) is 0 Å². The van der Waals surface area contributed by atoms with Crippen molar-refractivity contribution in [3.8, 4) is 16.8 Å². The number of carbonyl (C=O) groups is 3. The first-order valence-corrected chi connectivity index (χ1v) is 18.1. The molecule has 11 heteroatoms. The smallest absolute Gasteiger partial charge is 0.412 e. The molecule has 2 aromatic heterocycles. The summed E-state index contributed by atoms with van der Waals surface area (Å²) >= 11 is 0. The van der Waals surface area contributed by atoms with Crippen LogP contribution in [0.25, 0.3) is 27.7 Å². The fourth-order valence-electron chi connectivity index (χ4n) is 7.35. The van der Waals surface area contributed by atoms with Crippen LogP contribution in [0.2, 0.25) is 0 Å². The maximum absolute atomic E-state index is 15.0. The van der Waals surface area contributed by atoms with Gasteiger partial charge in [-0.1, -0.05) is 60.7 Å². The van der Waals surface area contributed by atoms with Gasteiger partial charge in [-0.15, -0.1) is 0 Å². The number of fused-ring (bicyclic) bond motifs is 3. The summed E-state index contributed by atoms with van der Waals surface area (Å²) in [6, 6.07) is 27.7. The van der Waals surface area contributed by atoms with E-state index in [9.17, 15) is 14.4 Å². The van der Waals surface area contributed by atoms with E-state index in [1.165, 1.54) is 6.20 Å². The van der Waals surface area contributed by atoms with E-state index in [2.05, 4.69) is 50.8 Å². The van der Waals surface area contributed by atoms with Crippen molar-refractivity contribution in [1.29, 1.82) is 0 Å². The molecule has 3 amide bonds. The fraction of sp³-hybridized carbons (Fsp3) is 0.333. The number of anilines is 3. The van der Waals surface area contributed by atoms with E-state index in [1.807, 2.05) is 78.8 Å². The molecule has 2 aliphatic rings. The van der Waals surface area contributed by atoms with Gasteiger partial charge in [0.05, 0.1) is 40.9 Å². The number of ether oxygens (including phenoxy) is 2. The second-order valence-electron chi connectivity index (χ2n) is 15.6. The van der Waals surface area contributed by atoms with Crippen LogP contribution in [0, 0.1) is 0 Å². The number of nitrogens with one attached hydrogen (secondary N) is 2. The van der Waals surface area contributed by atoms with Gasteiger partial charge < -0.3 is 24.3 Å². The van der Waals surface area contributed by atoms with E-state index < -0.39 is 17.3 Å². The molecule has 2 bridgehead atoms. The van der Waals surface area contributed by atoms with Gasteiger partial charge in [0.1, 0.15) is 16.9 Å². The van der Waals surface area contributed by atoms with Crippen LogP contribution in [-0.4, -0.2) is 68.9 Å². The Morgan fingerprint density at radius 1 is 0.736 bits per heavy atom.